The van der Waals surface area contributed by atoms with Crippen LogP contribution in [0.2, 0.25) is 0 Å². The Kier molecular flexibility index (Phi) is 7.09. The largest absolute Gasteiger partial charge is 0.489 e. The average molecular weight is 470 g/mol. The minimum atomic E-state index is -0.752. The van der Waals surface area contributed by atoms with Gasteiger partial charge in [0.25, 0.3) is 0 Å². The number of ether oxygens (including phenoxy) is 2. The van der Waals surface area contributed by atoms with Crippen molar-refractivity contribution in [2.24, 2.45) is 18.9 Å². The predicted molar refractivity (Wildman–Crippen MR) is 122 cm³/mol. The first-order chi connectivity index (χ1) is 16.3. The minimum Gasteiger partial charge on any atom is -0.489 e. The number of hydrogen-bond acceptors (Lipinski definition) is 8. The fraction of sp³-hybridized carbons (Fsp3) is 0.565. The van der Waals surface area contributed by atoms with E-state index in [1.54, 1.807) is 22.7 Å². The van der Waals surface area contributed by atoms with Crippen molar-refractivity contribution < 1.29 is 19.4 Å². The number of aryl methyl sites for hydroxylation is 2. The summed E-state index contributed by atoms with van der Waals surface area (Å²) in [6.45, 7) is 7.06. The van der Waals surface area contributed by atoms with Crippen molar-refractivity contribution in [1.29, 1.82) is 0 Å². The first-order valence-corrected chi connectivity index (χ1v) is 11.6. The van der Waals surface area contributed by atoms with Gasteiger partial charge in [0.05, 0.1) is 23.4 Å². The molecule has 2 unspecified atom stereocenters. The fourth-order valence-electron chi connectivity index (χ4n) is 4.14. The molecule has 0 amide bonds. The molecule has 3 aromatic rings. The Hall–Kier alpha value is -3.50. The molecule has 1 aliphatic carbocycles. The van der Waals surface area contributed by atoms with Gasteiger partial charge in [-0.1, -0.05) is 19.1 Å². The van der Waals surface area contributed by atoms with Crippen LogP contribution in [0.5, 0.6) is 11.8 Å². The molecule has 1 saturated carbocycles. The third-order valence-corrected chi connectivity index (χ3v) is 5.90. The van der Waals surface area contributed by atoms with Gasteiger partial charge in [0.1, 0.15) is 30.1 Å². The van der Waals surface area contributed by atoms with Crippen LogP contribution in [0.4, 0.5) is 0 Å². The topological polar surface area (TPSA) is 130 Å². The van der Waals surface area contributed by atoms with E-state index >= 15 is 0 Å². The van der Waals surface area contributed by atoms with Gasteiger partial charge in [-0.25, -0.2) is 14.3 Å². The third-order valence-electron chi connectivity index (χ3n) is 5.90. The Labute approximate surface area is 198 Å². The number of rotatable bonds is 9. The highest BCUT2D eigenvalue weighted by molar-refractivity contribution is 5.70. The zero-order valence-corrected chi connectivity index (χ0v) is 20.0. The maximum absolute atomic E-state index is 11.3. The van der Waals surface area contributed by atoms with Gasteiger partial charge in [0, 0.05) is 13.6 Å². The molecule has 2 atom stereocenters. The fourth-order valence-corrected chi connectivity index (χ4v) is 4.14. The van der Waals surface area contributed by atoms with Crippen LogP contribution >= 0.6 is 0 Å². The molecule has 0 aromatic carbocycles. The van der Waals surface area contributed by atoms with Crippen LogP contribution in [0.1, 0.15) is 50.9 Å². The molecule has 4 rings (SSSR count). The van der Waals surface area contributed by atoms with E-state index in [-0.39, 0.29) is 18.6 Å². The summed E-state index contributed by atoms with van der Waals surface area (Å²) < 4.78 is 15.3. The lowest BCUT2D eigenvalue weighted by molar-refractivity contribution is -0.143. The predicted octanol–water partition coefficient (Wildman–Crippen LogP) is 3.03. The monoisotopic (exact) mass is 469 g/mol. The van der Waals surface area contributed by atoms with E-state index < -0.39 is 5.97 Å². The third kappa shape index (κ3) is 5.52. The summed E-state index contributed by atoms with van der Waals surface area (Å²) in [7, 11) is 1.80. The van der Waals surface area contributed by atoms with Gasteiger partial charge in [0.2, 0.25) is 0 Å². The Morgan fingerprint density at radius 3 is 2.85 bits per heavy atom. The van der Waals surface area contributed by atoms with Crippen LogP contribution in [-0.2, 0) is 25.0 Å². The van der Waals surface area contributed by atoms with Crippen molar-refractivity contribution >= 4 is 5.97 Å². The lowest BCUT2D eigenvalue weighted by Crippen LogP contribution is -2.29. The van der Waals surface area contributed by atoms with E-state index in [1.807, 2.05) is 19.1 Å². The quantitative estimate of drug-likeness (QED) is 0.502. The summed E-state index contributed by atoms with van der Waals surface area (Å²) >= 11 is 0. The number of carbonyl (C=O) groups is 1. The molecular weight excluding hydrogens is 438 g/mol. The van der Waals surface area contributed by atoms with E-state index in [9.17, 15) is 9.90 Å². The number of nitrogens with zero attached hydrogens (tertiary/aromatic N) is 7. The molecule has 34 heavy (non-hydrogen) atoms. The Bertz CT molecular complexity index is 1140. The number of aromatic nitrogens is 7. The summed E-state index contributed by atoms with van der Waals surface area (Å²) in [6.07, 6.45) is 4.45. The molecule has 1 aliphatic rings. The summed E-state index contributed by atoms with van der Waals surface area (Å²) in [5.41, 5.74) is 2.73. The van der Waals surface area contributed by atoms with Crippen molar-refractivity contribution in [3.8, 4) is 23.1 Å². The zero-order valence-electron chi connectivity index (χ0n) is 20.0. The molecule has 182 valence electrons. The number of pyridine rings is 1. The van der Waals surface area contributed by atoms with Crippen LogP contribution in [0.3, 0.4) is 0 Å². The van der Waals surface area contributed by atoms with Crippen LogP contribution < -0.4 is 9.47 Å². The molecule has 0 spiro atoms. The molecule has 0 aliphatic heterocycles. The van der Waals surface area contributed by atoms with Crippen molar-refractivity contribution in [2.75, 3.05) is 0 Å². The van der Waals surface area contributed by atoms with E-state index in [4.69, 9.17) is 9.47 Å². The van der Waals surface area contributed by atoms with Crippen molar-refractivity contribution in [3.63, 3.8) is 0 Å². The molecule has 1 fully saturated rings. The van der Waals surface area contributed by atoms with Crippen LogP contribution in [-0.4, -0.2) is 51.9 Å². The van der Waals surface area contributed by atoms with E-state index in [0.29, 0.717) is 47.6 Å². The standard InChI is InChI=1S/C23H31N7O4/c1-14(2)11-30-13-24-23(27-30)33-12-19-21(26-28-29(19)4)18-8-9-20(15(3)25-18)34-17-7-5-6-16(10-17)22(31)32/h8-9,13-14,16-17H,5-7,10-12H2,1-4H3,(H,31,32). The van der Waals surface area contributed by atoms with Gasteiger partial charge in [-0.3, -0.25) is 4.79 Å². The summed E-state index contributed by atoms with van der Waals surface area (Å²) in [4.78, 5) is 20.2. The Balaban J connectivity index is 1.45. The number of aliphatic carboxylic acids is 1. The lowest BCUT2D eigenvalue weighted by atomic mass is 9.87. The van der Waals surface area contributed by atoms with Crippen molar-refractivity contribution in [3.05, 3.63) is 29.8 Å². The molecule has 0 saturated heterocycles. The molecule has 3 heterocycles. The molecule has 0 bridgehead atoms. The molecule has 3 aromatic heterocycles. The summed E-state index contributed by atoms with van der Waals surface area (Å²) in [5, 5.41) is 22.1. The van der Waals surface area contributed by atoms with Crippen LogP contribution in [0.15, 0.2) is 18.5 Å². The molecule has 11 nitrogen and oxygen atoms in total. The maximum Gasteiger partial charge on any atom is 0.335 e. The van der Waals surface area contributed by atoms with Crippen LogP contribution in [0.25, 0.3) is 11.4 Å². The zero-order chi connectivity index (χ0) is 24.2. The molecule has 0 radical (unpaired) electrons. The van der Waals surface area contributed by atoms with Crippen LogP contribution in [0, 0.1) is 18.8 Å². The van der Waals surface area contributed by atoms with Gasteiger partial charge in [-0.15, -0.1) is 10.2 Å². The Morgan fingerprint density at radius 1 is 1.29 bits per heavy atom. The minimum absolute atomic E-state index is 0.121. The second-order valence-corrected chi connectivity index (χ2v) is 9.16. The number of hydrogen-bond donors (Lipinski definition) is 1. The van der Waals surface area contributed by atoms with Gasteiger partial charge in [-0.05, 0) is 50.7 Å². The first-order valence-electron chi connectivity index (χ1n) is 11.6. The molecule has 1 N–H and O–H groups in total. The van der Waals surface area contributed by atoms with Gasteiger partial charge >= 0.3 is 12.0 Å². The van der Waals surface area contributed by atoms with Gasteiger partial charge in [-0.2, -0.15) is 4.98 Å². The highest BCUT2D eigenvalue weighted by atomic mass is 16.5. The first kappa shape index (κ1) is 23.7. The molecule has 11 heteroatoms. The number of carboxylic acid groups (broad SMARTS) is 1. The van der Waals surface area contributed by atoms with Gasteiger partial charge < -0.3 is 14.6 Å². The van der Waals surface area contributed by atoms with Gasteiger partial charge in [0.15, 0.2) is 0 Å². The van der Waals surface area contributed by atoms with E-state index in [2.05, 4.69) is 39.2 Å². The normalized spacial score (nSPS) is 18.3. The highest BCUT2D eigenvalue weighted by Gasteiger charge is 2.28. The smallest absolute Gasteiger partial charge is 0.335 e. The van der Waals surface area contributed by atoms with Crippen molar-refractivity contribution in [2.45, 2.75) is 65.7 Å². The lowest BCUT2D eigenvalue weighted by Gasteiger charge is -2.27. The van der Waals surface area contributed by atoms with E-state index in [0.717, 1.165) is 25.1 Å². The maximum atomic E-state index is 11.3. The highest BCUT2D eigenvalue weighted by Crippen LogP contribution is 2.30. The van der Waals surface area contributed by atoms with Crippen molar-refractivity contribution in [1.82, 2.24) is 34.7 Å². The SMILES string of the molecule is Cc1nc(-c2nnn(C)c2COc2ncn(CC(C)C)n2)ccc1OC1CCCC(C(=O)O)C1. The molecular formula is C23H31N7O4. The summed E-state index contributed by atoms with van der Waals surface area (Å²) in [5.74, 6) is 0.0132. The Morgan fingerprint density at radius 2 is 2.12 bits per heavy atom. The second-order valence-electron chi connectivity index (χ2n) is 9.16. The van der Waals surface area contributed by atoms with E-state index in [1.165, 1.54) is 0 Å². The second kappa shape index (κ2) is 10.2. The number of carboxylic acids is 1. The summed E-state index contributed by atoms with van der Waals surface area (Å²) in [6, 6.07) is 3.99. The average Bonchev–Trinajstić information content (AvgIpc) is 3.39.